The summed E-state index contributed by atoms with van der Waals surface area (Å²) in [7, 11) is 0. The van der Waals surface area contributed by atoms with Crippen molar-refractivity contribution in [1.82, 2.24) is 5.32 Å². The lowest BCUT2D eigenvalue weighted by Gasteiger charge is -2.33. The monoisotopic (exact) mass is 441 g/mol. The van der Waals surface area contributed by atoms with E-state index in [0.717, 1.165) is 36.3 Å². The number of hydrogen-bond donors (Lipinski definition) is 2. The lowest BCUT2D eigenvalue weighted by Crippen LogP contribution is -2.41. The van der Waals surface area contributed by atoms with E-state index in [-0.39, 0.29) is 18.2 Å². The van der Waals surface area contributed by atoms with Gasteiger partial charge in [-0.2, -0.15) is 0 Å². The Morgan fingerprint density at radius 1 is 1.03 bits per heavy atom. The summed E-state index contributed by atoms with van der Waals surface area (Å²) in [5, 5.41) is 6.54. The zero-order valence-corrected chi connectivity index (χ0v) is 18.4. The van der Waals surface area contributed by atoms with Crippen LogP contribution < -0.4 is 15.5 Å². The van der Waals surface area contributed by atoms with Gasteiger partial charge in [0.15, 0.2) is 5.78 Å². The molecule has 1 aliphatic heterocycles. The van der Waals surface area contributed by atoms with Crippen molar-refractivity contribution in [2.45, 2.75) is 31.7 Å². The van der Waals surface area contributed by atoms with Gasteiger partial charge < -0.3 is 20.0 Å². The number of amides is 1. The third-order valence-electron chi connectivity index (χ3n) is 6.25. The number of rotatable bonds is 6. The van der Waals surface area contributed by atoms with Crippen molar-refractivity contribution in [3.63, 3.8) is 0 Å². The zero-order chi connectivity index (χ0) is 22.6. The van der Waals surface area contributed by atoms with Crippen molar-refractivity contribution in [3.05, 3.63) is 95.6 Å². The van der Waals surface area contributed by atoms with Gasteiger partial charge in [0.05, 0.1) is 24.2 Å². The molecule has 0 saturated carbocycles. The number of ketones is 1. The Hall–Kier alpha value is -3.80. The molecule has 1 atom stereocenters. The molecule has 0 bridgehead atoms. The summed E-state index contributed by atoms with van der Waals surface area (Å²) in [5.74, 6) is 0.672. The van der Waals surface area contributed by atoms with Gasteiger partial charge in [-0.15, -0.1) is 0 Å². The van der Waals surface area contributed by atoms with Crippen LogP contribution in [0.2, 0.25) is 0 Å². The summed E-state index contributed by atoms with van der Waals surface area (Å²) in [6.45, 7) is 0.664. The summed E-state index contributed by atoms with van der Waals surface area (Å²) >= 11 is 0. The summed E-state index contributed by atoms with van der Waals surface area (Å²) in [6.07, 6.45) is 4.50. The smallest absolute Gasteiger partial charge is 0.239 e. The van der Waals surface area contributed by atoms with Crippen LogP contribution in [0, 0.1) is 0 Å². The molecule has 2 N–H and O–H groups in total. The molecule has 0 fully saturated rings. The molecule has 6 heteroatoms. The van der Waals surface area contributed by atoms with Crippen molar-refractivity contribution in [2.24, 2.45) is 0 Å². The normalized spacial score (nSPS) is 17.6. The van der Waals surface area contributed by atoms with Crippen molar-refractivity contribution in [1.29, 1.82) is 0 Å². The molecule has 33 heavy (non-hydrogen) atoms. The molecule has 168 valence electrons. The summed E-state index contributed by atoms with van der Waals surface area (Å²) in [6, 6.07) is 21.2. The first-order valence-corrected chi connectivity index (χ1v) is 11.4. The van der Waals surface area contributed by atoms with Gasteiger partial charge >= 0.3 is 0 Å². The fraction of sp³-hybridized carbons (Fsp3) is 0.259. The Labute approximate surface area is 193 Å². The van der Waals surface area contributed by atoms with Crippen LogP contribution in [0.3, 0.4) is 0 Å². The van der Waals surface area contributed by atoms with Crippen molar-refractivity contribution < 1.29 is 14.0 Å². The molecule has 0 radical (unpaired) electrons. The molecular weight excluding hydrogens is 414 g/mol. The van der Waals surface area contributed by atoms with Crippen LogP contribution in [-0.2, 0) is 16.0 Å². The fourth-order valence-electron chi connectivity index (χ4n) is 4.72. The number of nitrogens with one attached hydrogen (secondary N) is 2. The van der Waals surface area contributed by atoms with Crippen molar-refractivity contribution in [3.8, 4) is 0 Å². The first-order chi connectivity index (χ1) is 16.2. The van der Waals surface area contributed by atoms with E-state index in [1.54, 1.807) is 6.26 Å². The maximum absolute atomic E-state index is 13.1. The number of nitrogens with zero attached hydrogens (tertiary/aromatic N) is 1. The first kappa shape index (κ1) is 21.1. The highest BCUT2D eigenvalue weighted by atomic mass is 16.3. The van der Waals surface area contributed by atoms with Crippen molar-refractivity contribution in [2.75, 3.05) is 23.3 Å². The summed E-state index contributed by atoms with van der Waals surface area (Å²) < 4.78 is 5.80. The predicted molar refractivity (Wildman–Crippen MR) is 128 cm³/mol. The minimum Gasteiger partial charge on any atom is -0.467 e. The van der Waals surface area contributed by atoms with Crippen molar-refractivity contribution >= 4 is 23.1 Å². The number of para-hydroxylation sites is 2. The van der Waals surface area contributed by atoms with Gasteiger partial charge in [0.2, 0.25) is 5.91 Å². The number of benzene rings is 2. The van der Waals surface area contributed by atoms with Crippen LogP contribution >= 0.6 is 0 Å². The van der Waals surface area contributed by atoms with Gasteiger partial charge in [-0.25, -0.2) is 0 Å². The molecule has 2 aromatic carbocycles. The first-order valence-electron chi connectivity index (χ1n) is 11.4. The molecule has 1 aliphatic carbocycles. The number of carbonyl (C=O) groups excluding carboxylic acids is 2. The third-order valence-corrected chi connectivity index (χ3v) is 6.25. The standard InChI is InChI=1S/C27H27N3O3/c31-23-13-6-11-21-26(23)27(24-14-7-17-33-24)30(22-12-5-4-10-20(22)29-21)18-25(32)28-16-15-19-8-2-1-3-9-19/h1-5,7-10,12,14,17,27,29H,6,11,13,15-16,18H2,(H,28,32)/t27-/m0/s1. The van der Waals surface area contributed by atoms with Gasteiger partial charge in [0.1, 0.15) is 11.8 Å². The highest BCUT2D eigenvalue weighted by Gasteiger charge is 2.38. The van der Waals surface area contributed by atoms with Gasteiger partial charge in [0.25, 0.3) is 0 Å². The van der Waals surface area contributed by atoms with Crippen LogP contribution in [0.1, 0.15) is 36.6 Å². The largest absolute Gasteiger partial charge is 0.467 e. The Bertz CT molecular complexity index is 1170. The second kappa shape index (κ2) is 9.36. The second-order valence-corrected chi connectivity index (χ2v) is 8.44. The molecule has 0 unspecified atom stereocenters. The van der Waals surface area contributed by atoms with E-state index in [0.29, 0.717) is 24.3 Å². The molecule has 5 rings (SSSR count). The van der Waals surface area contributed by atoms with E-state index in [4.69, 9.17) is 4.42 Å². The Balaban J connectivity index is 1.45. The number of carbonyl (C=O) groups is 2. The Morgan fingerprint density at radius 2 is 1.85 bits per heavy atom. The maximum Gasteiger partial charge on any atom is 0.239 e. The average molecular weight is 442 g/mol. The number of hydrogen-bond acceptors (Lipinski definition) is 5. The highest BCUT2D eigenvalue weighted by Crippen LogP contribution is 2.44. The molecule has 6 nitrogen and oxygen atoms in total. The van der Waals surface area contributed by atoms with Gasteiger partial charge in [-0.3, -0.25) is 9.59 Å². The summed E-state index contributed by atoms with van der Waals surface area (Å²) in [4.78, 5) is 28.2. The SMILES string of the molecule is O=C(CN1c2ccccc2NC2=C(C(=O)CCC2)[C@@H]1c1ccco1)NCCc1ccccc1. The Kier molecular flexibility index (Phi) is 5.98. The number of Topliss-reactive ketones (excluding diaryl/α,β-unsaturated/α-hetero) is 1. The Morgan fingerprint density at radius 3 is 2.67 bits per heavy atom. The third kappa shape index (κ3) is 4.42. The van der Waals surface area contributed by atoms with Crippen LogP contribution in [0.5, 0.6) is 0 Å². The maximum atomic E-state index is 13.1. The van der Waals surface area contributed by atoms with Crippen LogP contribution in [0.25, 0.3) is 0 Å². The molecule has 1 amide bonds. The van der Waals surface area contributed by atoms with Gasteiger partial charge in [-0.1, -0.05) is 42.5 Å². The quantitative estimate of drug-likeness (QED) is 0.584. The number of allylic oxidation sites excluding steroid dienone is 1. The van der Waals surface area contributed by atoms with E-state index in [1.807, 2.05) is 59.5 Å². The minimum absolute atomic E-state index is 0.0930. The van der Waals surface area contributed by atoms with Gasteiger partial charge in [0, 0.05) is 24.2 Å². The lowest BCUT2D eigenvalue weighted by atomic mass is 9.88. The number of anilines is 2. The average Bonchev–Trinajstić information content (AvgIpc) is 3.31. The van der Waals surface area contributed by atoms with E-state index in [2.05, 4.69) is 22.8 Å². The lowest BCUT2D eigenvalue weighted by molar-refractivity contribution is -0.120. The predicted octanol–water partition coefficient (Wildman–Crippen LogP) is 4.62. The molecule has 2 heterocycles. The van der Waals surface area contributed by atoms with E-state index >= 15 is 0 Å². The fourth-order valence-corrected chi connectivity index (χ4v) is 4.72. The minimum atomic E-state index is -0.459. The topological polar surface area (TPSA) is 74.6 Å². The highest BCUT2D eigenvalue weighted by molar-refractivity contribution is 6.01. The zero-order valence-electron chi connectivity index (χ0n) is 18.4. The second-order valence-electron chi connectivity index (χ2n) is 8.44. The molecule has 2 aliphatic rings. The van der Waals surface area contributed by atoms with Crippen LogP contribution in [0.4, 0.5) is 11.4 Å². The molecule has 0 saturated heterocycles. The van der Waals surface area contributed by atoms with Crippen LogP contribution in [-0.4, -0.2) is 24.8 Å². The summed E-state index contributed by atoms with van der Waals surface area (Å²) in [5.41, 5.74) is 4.57. The van der Waals surface area contributed by atoms with E-state index in [9.17, 15) is 9.59 Å². The molecule has 1 aromatic heterocycles. The van der Waals surface area contributed by atoms with Gasteiger partial charge in [-0.05, 0) is 49.1 Å². The van der Waals surface area contributed by atoms with Crippen LogP contribution in [0.15, 0.2) is 88.7 Å². The number of furan rings is 1. The van der Waals surface area contributed by atoms with E-state index < -0.39 is 6.04 Å². The van der Waals surface area contributed by atoms with E-state index in [1.165, 1.54) is 5.56 Å². The molecule has 3 aromatic rings. The molecular formula is C27H27N3O3. The number of fused-ring (bicyclic) bond motifs is 1. The molecule has 0 spiro atoms.